The molecule has 0 aliphatic heterocycles. The smallest absolute Gasteiger partial charge is 0.343 e. The van der Waals surface area contributed by atoms with Gasteiger partial charge in [0, 0.05) is 20.2 Å². The minimum Gasteiger partial charge on any atom is -0.422 e. The van der Waals surface area contributed by atoms with Gasteiger partial charge in [-0.15, -0.1) is 0 Å². The topological polar surface area (TPSA) is 79.8 Å². The summed E-state index contributed by atoms with van der Waals surface area (Å²) < 4.78 is 7.15. The highest BCUT2D eigenvalue weighted by Crippen LogP contribution is 2.23. The lowest BCUT2D eigenvalue weighted by molar-refractivity contribution is -0.119. The third-order valence-corrected chi connectivity index (χ3v) is 4.90. The van der Waals surface area contributed by atoms with Crippen LogP contribution in [0, 0.1) is 0 Å². The van der Waals surface area contributed by atoms with Crippen molar-refractivity contribution in [2.75, 3.05) is 11.9 Å². The molecule has 3 aromatic rings. The predicted octanol–water partition coefficient (Wildman–Crippen LogP) is 4.99. The van der Waals surface area contributed by atoms with E-state index in [2.05, 4.69) is 47.7 Å². The fraction of sp³-hybridized carbons (Fsp3) is 0.0455. The number of esters is 1. The highest BCUT2D eigenvalue weighted by Gasteiger charge is 2.11. The average molecular weight is 531 g/mol. The Kier molecular flexibility index (Phi) is 7.75. The van der Waals surface area contributed by atoms with Crippen LogP contribution in [-0.2, 0) is 4.79 Å². The van der Waals surface area contributed by atoms with Gasteiger partial charge < -0.3 is 10.1 Å². The molecule has 8 heteroatoms. The van der Waals surface area contributed by atoms with Gasteiger partial charge in [0.2, 0.25) is 0 Å². The first-order chi connectivity index (χ1) is 14.5. The Bertz CT molecular complexity index is 1050. The first kappa shape index (κ1) is 21.7. The second-order valence-corrected chi connectivity index (χ2v) is 7.92. The highest BCUT2D eigenvalue weighted by molar-refractivity contribution is 9.10. The summed E-state index contributed by atoms with van der Waals surface area (Å²) in [5.41, 5.74) is 4.24. The number of benzene rings is 3. The van der Waals surface area contributed by atoms with Crippen LogP contribution in [0.4, 0.5) is 5.69 Å². The van der Waals surface area contributed by atoms with E-state index in [1.54, 1.807) is 42.5 Å². The number of para-hydroxylation sites is 1. The molecule has 0 heterocycles. The second-order valence-electron chi connectivity index (χ2n) is 6.09. The van der Waals surface area contributed by atoms with Gasteiger partial charge in [0.05, 0.1) is 18.3 Å². The van der Waals surface area contributed by atoms with Crippen LogP contribution >= 0.6 is 31.9 Å². The molecule has 0 atom stereocenters. The van der Waals surface area contributed by atoms with Crippen LogP contribution in [0.15, 0.2) is 86.8 Å². The molecule has 3 aromatic carbocycles. The fourth-order valence-corrected chi connectivity index (χ4v) is 3.05. The minimum absolute atomic E-state index is 0.0747. The molecule has 0 saturated heterocycles. The van der Waals surface area contributed by atoms with Crippen molar-refractivity contribution in [3.05, 3.63) is 92.9 Å². The number of ether oxygens (including phenoxy) is 1. The zero-order valence-corrected chi connectivity index (χ0v) is 18.8. The largest absolute Gasteiger partial charge is 0.422 e. The van der Waals surface area contributed by atoms with Crippen molar-refractivity contribution >= 4 is 55.6 Å². The molecule has 1 amide bonds. The second kappa shape index (κ2) is 10.7. The Hall–Kier alpha value is -2.97. The van der Waals surface area contributed by atoms with E-state index in [0.29, 0.717) is 16.9 Å². The molecule has 6 nitrogen and oxygen atoms in total. The third kappa shape index (κ3) is 6.53. The fourth-order valence-electron chi connectivity index (χ4n) is 2.41. The Labute approximate surface area is 190 Å². The van der Waals surface area contributed by atoms with Crippen molar-refractivity contribution in [2.45, 2.75) is 0 Å². The zero-order valence-electron chi connectivity index (χ0n) is 15.6. The van der Waals surface area contributed by atoms with Crippen LogP contribution in [0.3, 0.4) is 0 Å². The summed E-state index contributed by atoms with van der Waals surface area (Å²) >= 11 is 6.71. The number of halogens is 2. The van der Waals surface area contributed by atoms with Crippen molar-refractivity contribution in [3.8, 4) is 5.75 Å². The van der Waals surface area contributed by atoms with Gasteiger partial charge >= 0.3 is 5.97 Å². The van der Waals surface area contributed by atoms with E-state index in [0.717, 1.165) is 14.6 Å². The number of hydrazone groups is 1. The van der Waals surface area contributed by atoms with Crippen LogP contribution < -0.4 is 15.5 Å². The Balaban J connectivity index is 1.62. The SMILES string of the molecule is O=C(CNc1ccccc1)NN=Cc1cc(Br)ccc1OC(=O)c1ccc(Br)cc1. The normalized spacial score (nSPS) is 10.6. The van der Waals surface area contributed by atoms with E-state index in [9.17, 15) is 9.59 Å². The molecule has 3 rings (SSSR count). The molecule has 30 heavy (non-hydrogen) atoms. The zero-order chi connectivity index (χ0) is 21.3. The number of hydrogen-bond acceptors (Lipinski definition) is 5. The number of nitrogens with one attached hydrogen (secondary N) is 2. The van der Waals surface area contributed by atoms with E-state index >= 15 is 0 Å². The van der Waals surface area contributed by atoms with E-state index in [1.807, 2.05) is 30.3 Å². The van der Waals surface area contributed by atoms with Gasteiger partial charge in [0.15, 0.2) is 0 Å². The summed E-state index contributed by atoms with van der Waals surface area (Å²) in [6.07, 6.45) is 1.43. The quantitative estimate of drug-likeness (QED) is 0.195. The van der Waals surface area contributed by atoms with E-state index < -0.39 is 5.97 Å². The average Bonchev–Trinajstić information content (AvgIpc) is 2.75. The third-order valence-electron chi connectivity index (χ3n) is 3.87. The molecule has 2 N–H and O–H groups in total. The summed E-state index contributed by atoms with van der Waals surface area (Å²) in [6.45, 7) is 0.0747. The van der Waals surface area contributed by atoms with Gasteiger partial charge in [-0.2, -0.15) is 5.10 Å². The summed E-state index contributed by atoms with van der Waals surface area (Å²) in [4.78, 5) is 24.4. The highest BCUT2D eigenvalue weighted by atomic mass is 79.9. The molecule has 0 fully saturated rings. The van der Waals surface area contributed by atoms with Crippen LogP contribution in [0.2, 0.25) is 0 Å². The molecule has 0 aliphatic carbocycles. The molecule has 0 aromatic heterocycles. The lowest BCUT2D eigenvalue weighted by Crippen LogP contribution is -2.25. The van der Waals surface area contributed by atoms with Gasteiger partial charge in [-0.25, -0.2) is 10.2 Å². The van der Waals surface area contributed by atoms with E-state index in [1.165, 1.54) is 6.21 Å². The molecule has 0 aliphatic rings. The van der Waals surface area contributed by atoms with Crippen molar-refractivity contribution in [3.63, 3.8) is 0 Å². The maximum atomic E-state index is 12.4. The maximum Gasteiger partial charge on any atom is 0.343 e. The molecule has 152 valence electrons. The van der Waals surface area contributed by atoms with Crippen LogP contribution in [-0.4, -0.2) is 24.6 Å². The molecule has 0 radical (unpaired) electrons. The lowest BCUT2D eigenvalue weighted by Gasteiger charge is -2.08. The first-order valence-corrected chi connectivity index (χ1v) is 10.5. The number of carbonyl (C=O) groups is 2. The molecule has 0 unspecified atom stereocenters. The monoisotopic (exact) mass is 529 g/mol. The van der Waals surface area contributed by atoms with E-state index in [-0.39, 0.29) is 12.5 Å². The van der Waals surface area contributed by atoms with Gasteiger partial charge in [-0.3, -0.25) is 4.79 Å². The number of carbonyl (C=O) groups excluding carboxylic acids is 2. The number of anilines is 1. The van der Waals surface area contributed by atoms with Gasteiger partial charge in [-0.1, -0.05) is 50.1 Å². The predicted molar refractivity (Wildman–Crippen MR) is 124 cm³/mol. The van der Waals surface area contributed by atoms with Crippen molar-refractivity contribution in [1.82, 2.24) is 5.43 Å². The number of hydrogen-bond donors (Lipinski definition) is 2. The number of amides is 1. The van der Waals surface area contributed by atoms with Gasteiger partial charge in [0.1, 0.15) is 5.75 Å². The first-order valence-electron chi connectivity index (χ1n) is 8.89. The maximum absolute atomic E-state index is 12.4. The minimum atomic E-state index is -0.490. The Morgan fingerprint density at radius 2 is 1.63 bits per heavy atom. The molecule has 0 saturated carbocycles. The summed E-state index contributed by atoms with van der Waals surface area (Å²) in [5.74, 6) is -0.472. The van der Waals surface area contributed by atoms with Crippen LogP contribution in [0.25, 0.3) is 0 Å². The van der Waals surface area contributed by atoms with Crippen LogP contribution in [0.1, 0.15) is 15.9 Å². The summed E-state index contributed by atoms with van der Waals surface area (Å²) in [6, 6.07) is 21.4. The summed E-state index contributed by atoms with van der Waals surface area (Å²) in [5, 5.41) is 6.96. The van der Waals surface area contributed by atoms with Crippen LogP contribution in [0.5, 0.6) is 5.75 Å². The molecular weight excluding hydrogens is 514 g/mol. The van der Waals surface area contributed by atoms with Crippen molar-refractivity contribution in [2.24, 2.45) is 5.10 Å². The van der Waals surface area contributed by atoms with Gasteiger partial charge in [0.25, 0.3) is 5.91 Å². The number of rotatable bonds is 7. The molecular formula is C22H17Br2N3O3. The summed E-state index contributed by atoms with van der Waals surface area (Å²) in [7, 11) is 0. The van der Waals surface area contributed by atoms with Gasteiger partial charge in [-0.05, 0) is 54.6 Å². The van der Waals surface area contributed by atoms with Crippen molar-refractivity contribution in [1.29, 1.82) is 0 Å². The standard InChI is InChI=1S/C22H17Br2N3O3/c23-17-8-6-15(7-9-17)22(29)30-20-11-10-18(24)12-16(20)13-26-27-21(28)14-25-19-4-2-1-3-5-19/h1-13,25H,14H2,(H,27,28). The lowest BCUT2D eigenvalue weighted by atomic mass is 10.2. The van der Waals surface area contributed by atoms with E-state index in [4.69, 9.17) is 4.74 Å². The Morgan fingerprint density at radius 3 is 2.37 bits per heavy atom. The molecule has 0 spiro atoms. The Morgan fingerprint density at radius 1 is 0.933 bits per heavy atom. The molecule has 0 bridgehead atoms. The number of nitrogens with zero attached hydrogens (tertiary/aromatic N) is 1. The van der Waals surface area contributed by atoms with Crippen molar-refractivity contribution < 1.29 is 14.3 Å².